The summed E-state index contributed by atoms with van der Waals surface area (Å²) in [5.74, 6) is 0. The van der Waals surface area contributed by atoms with Gasteiger partial charge in [0.1, 0.15) is 0 Å². The molecular weight excluding hydrogens is 195 g/mol. The topological polar surface area (TPSA) is 0 Å². The molecule has 0 radical (unpaired) electrons. The van der Waals surface area contributed by atoms with Crippen LogP contribution in [0.15, 0.2) is 48.6 Å². The summed E-state index contributed by atoms with van der Waals surface area (Å²) < 4.78 is 0. The van der Waals surface area contributed by atoms with Crippen molar-refractivity contribution in [3.63, 3.8) is 0 Å². The molecule has 0 fully saturated rings. The van der Waals surface area contributed by atoms with Gasteiger partial charge in [0.2, 0.25) is 0 Å². The first-order valence-electron chi connectivity index (χ1n) is 4.53. The van der Waals surface area contributed by atoms with E-state index in [4.69, 9.17) is 0 Å². The van der Waals surface area contributed by atoms with Crippen molar-refractivity contribution in [3.05, 3.63) is 48.6 Å². The summed E-state index contributed by atoms with van der Waals surface area (Å²) >= 11 is 0.688. The Morgan fingerprint density at radius 2 is 0.923 bits per heavy atom. The fourth-order valence-electron chi connectivity index (χ4n) is 0.786. The molecule has 13 heavy (non-hydrogen) atoms. The summed E-state index contributed by atoms with van der Waals surface area (Å²) in [6.07, 6.45) is 19.0. The van der Waals surface area contributed by atoms with E-state index < -0.39 is 0 Å². The van der Waals surface area contributed by atoms with Crippen LogP contribution in [0.2, 0.25) is 11.3 Å². The van der Waals surface area contributed by atoms with Crippen LogP contribution in [0, 0.1) is 0 Å². The fraction of sp³-hybridized carbons (Fsp3) is 0.333. The van der Waals surface area contributed by atoms with Crippen molar-refractivity contribution in [2.75, 3.05) is 0 Å². The second-order valence-corrected chi connectivity index (χ2v) is 4.03. The van der Waals surface area contributed by atoms with Gasteiger partial charge in [-0.05, 0) is 12.8 Å². The number of hydrogen-bond acceptors (Lipinski definition) is 0. The molecule has 1 heteroatoms. The summed E-state index contributed by atoms with van der Waals surface area (Å²) in [4.78, 5) is 0. The second kappa shape index (κ2) is 11.5. The monoisotopic (exact) mass is 213 g/mol. The van der Waals surface area contributed by atoms with Crippen molar-refractivity contribution in [2.24, 2.45) is 0 Å². The minimum atomic E-state index is 0.688. The molecule has 0 saturated carbocycles. The van der Waals surface area contributed by atoms with Gasteiger partial charge in [0.15, 0.2) is 0 Å². The molecule has 0 aromatic rings. The summed E-state index contributed by atoms with van der Waals surface area (Å²) in [5.41, 5.74) is 4.44. The van der Waals surface area contributed by atoms with Crippen LogP contribution in [0.25, 0.3) is 0 Å². The van der Waals surface area contributed by atoms with E-state index in [2.05, 4.69) is 59.9 Å². The van der Waals surface area contributed by atoms with Crippen molar-refractivity contribution >= 4 is 0 Å². The zero-order valence-electron chi connectivity index (χ0n) is 8.48. The van der Waals surface area contributed by atoms with E-state index in [0.717, 1.165) is 12.8 Å². The van der Waals surface area contributed by atoms with E-state index >= 15 is 0 Å². The molecule has 71 valence electrons. The minimum absolute atomic E-state index is 0.688. The zero-order chi connectivity index (χ0) is 9.78. The summed E-state index contributed by atoms with van der Waals surface area (Å²) in [7, 11) is 0. The van der Waals surface area contributed by atoms with Crippen molar-refractivity contribution in [2.45, 2.75) is 24.1 Å². The van der Waals surface area contributed by atoms with Gasteiger partial charge in [0.05, 0.1) is 0 Å². The normalized spacial score (nSPS) is 14.6. The van der Waals surface area contributed by atoms with Gasteiger partial charge in [-0.15, -0.1) is 0 Å². The Morgan fingerprint density at radius 3 is 1.00 bits per heavy atom. The average molecular weight is 213 g/mol. The number of hydrogen-bond donors (Lipinski definition) is 0. The molecule has 0 aliphatic heterocycles. The molecule has 0 bridgehead atoms. The molecule has 0 saturated heterocycles. The number of rotatable bonds is 0. The van der Waals surface area contributed by atoms with Crippen molar-refractivity contribution in [1.29, 1.82) is 0 Å². The van der Waals surface area contributed by atoms with Crippen LogP contribution >= 0.6 is 0 Å². The molecule has 0 spiro atoms. The van der Waals surface area contributed by atoms with E-state index in [-0.39, 0.29) is 0 Å². The Hall–Kier alpha value is -0.456. The quantitative estimate of drug-likeness (QED) is 0.566. The van der Waals surface area contributed by atoms with Crippen LogP contribution in [0.1, 0.15) is 12.8 Å². The molecule has 0 nitrogen and oxygen atoms in total. The van der Waals surface area contributed by atoms with E-state index in [1.165, 1.54) is 0 Å². The SMILES string of the molecule is C1=CCC=C1.C1=CCC=C1.[CH3][V][CH3]. The third-order valence-electron chi connectivity index (χ3n) is 1.31. The Balaban J connectivity index is 0.000000174. The van der Waals surface area contributed by atoms with Crippen LogP contribution in [-0.2, 0) is 16.3 Å². The predicted octanol–water partition coefficient (Wildman–Crippen LogP) is 4.17. The maximum atomic E-state index is 2.22. The maximum absolute atomic E-state index is 2.22. The van der Waals surface area contributed by atoms with Crippen LogP contribution < -0.4 is 0 Å². The Labute approximate surface area is 89.2 Å². The molecule has 2 aliphatic rings. The molecule has 2 rings (SSSR count). The van der Waals surface area contributed by atoms with Gasteiger partial charge in [-0.3, -0.25) is 0 Å². The Morgan fingerprint density at radius 1 is 0.692 bits per heavy atom. The third kappa shape index (κ3) is 11.5. The molecule has 0 amide bonds. The average Bonchev–Trinajstić information content (AvgIpc) is 2.85. The first-order chi connectivity index (χ1) is 6.41. The van der Waals surface area contributed by atoms with E-state index in [0.29, 0.717) is 16.3 Å². The standard InChI is InChI=1S/2C5H6.2CH3.V/c2*1-2-4-5-3-1;;;/h2*1-4H,5H2;2*1H3;. The Kier molecular flexibility index (Phi) is 11.1. The first-order valence-corrected chi connectivity index (χ1v) is 7.32. The molecule has 0 aromatic heterocycles. The van der Waals surface area contributed by atoms with Gasteiger partial charge in [-0.25, -0.2) is 0 Å². The predicted molar refractivity (Wildman–Crippen MR) is 57.5 cm³/mol. The van der Waals surface area contributed by atoms with E-state index in [1.54, 1.807) is 0 Å². The zero-order valence-corrected chi connectivity index (χ0v) is 9.88. The first kappa shape index (κ1) is 12.5. The van der Waals surface area contributed by atoms with Crippen LogP contribution in [0.4, 0.5) is 0 Å². The molecule has 2 aliphatic carbocycles. The van der Waals surface area contributed by atoms with Crippen LogP contribution in [0.3, 0.4) is 0 Å². The van der Waals surface area contributed by atoms with Crippen LogP contribution in [0.5, 0.6) is 0 Å². The summed E-state index contributed by atoms with van der Waals surface area (Å²) in [6.45, 7) is 0. The number of allylic oxidation sites excluding steroid dienone is 8. The van der Waals surface area contributed by atoms with Gasteiger partial charge < -0.3 is 0 Å². The third-order valence-corrected chi connectivity index (χ3v) is 1.31. The van der Waals surface area contributed by atoms with E-state index in [1.807, 2.05) is 0 Å². The van der Waals surface area contributed by atoms with E-state index in [9.17, 15) is 0 Å². The van der Waals surface area contributed by atoms with Gasteiger partial charge in [-0.2, -0.15) is 0 Å². The van der Waals surface area contributed by atoms with Gasteiger partial charge in [-0.1, -0.05) is 48.6 Å². The Bertz CT molecular complexity index is 155. The van der Waals surface area contributed by atoms with Crippen molar-refractivity contribution in [3.8, 4) is 0 Å². The van der Waals surface area contributed by atoms with Crippen LogP contribution in [-0.4, -0.2) is 0 Å². The summed E-state index contributed by atoms with van der Waals surface area (Å²) in [5, 5.41) is 0. The molecule has 0 aromatic carbocycles. The second-order valence-electron chi connectivity index (χ2n) is 2.63. The summed E-state index contributed by atoms with van der Waals surface area (Å²) in [6, 6.07) is 0. The van der Waals surface area contributed by atoms with Crippen molar-refractivity contribution in [1.82, 2.24) is 0 Å². The fourth-order valence-corrected chi connectivity index (χ4v) is 0.786. The molecule has 0 N–H and O–H groups in total. The van der Waals surface area contributed by atoms with Gasteiger partial charge in [0.25, 0.3) is 0 Å². The van der Waals surface area contributed by atoms with Crippen molar-refractivity contribution < 1.29 is 16.3 Å². The van der Waals surface area contributed by atoms with Gasteiger partial charge in [0, 0.05) is 0 Å². The molecule has 0 unspecified atom stereocenters. The van der Waals surface area contributed by atoms with Gasteiger partial charge >= 0.3 is 27.6 Å². The molecular formula is C12H18V. The molecule has 0 atom stereocenters. The molecule has 0 heterocycles.